The molecule has 1 aromatic heterocycles. The van der Waals surface area contributed by atoms with Crippen molar-refractivity contribution in [3.8, 4) is 0 Å². The molecule has 4 rings (SSSR count). The smallest absolute Gasteiger partial charge is 0.475 e. The lowest BCUT2D eigenvalue weighted by atomic mass is 9.95. The molecule has 2 atom stereocenters. The zero-order valence-corrected chi connectivity index (χ0v) is 23.3. The number of aromatic nitrogens is 1. The first kappa shape index (κ1) is 36.2. The minimum atomic E-state index is -5.08. The van der Waals surface area contributed by atoms with Gasteiger partial charge in [0.15, 0.2) is 5.60 Å². The van der Waals surface area contributed by atoms with Gasteiger partial charge in [0.05, 0.1) is 0 Å². The summed E-state index contributed by atoms with van der Waals surface area (Å²) in [7, 11) is 0. The third-order valence-electron chi connectivity index (χ3n) is 6.61. The molecule has 1 aliphatic heterocycles. The lowest BCUT2D eigenvalue weighted by molar-refractivity contribution is -0.193. The van der Waals surface area contributed by atoms with E-state index >= 15 is 0 Å². The molecule has 2 aliphatic rings. The number of nitrogens with one attached hydrogen (secondary N) is 1. The van der Waals surface area contributed by atoms with E-state index in [2.05, 4.69) is 10.3 Å². The van der Waals surface area contributed by atoms with Crippen LogP contribution in [0.2, 0.25) is 5.02 Å². The van der Waals surface area contributed by atoms with Crippen LogP contribution in [0.4, 0.5) is 26.3 Å². The van der Waals surface area contributed by atoms with Gasteiger partial charge in [-0.25, -0.2) is 9.59 Å². The molecule has 2 aromatic rings. The number of carboxylic acids is 2. The number of rotatable bonds is 5. The van der Waals surface area contributed by atoms with Crippen molar-refractivity contribution >= 4 is 35.4 Å². The van der Waals surface area contributed by atoms with E-state index in [1.807, 2.05) is 12.1 Å². The molecule has 2 heterocycles. The minimum absolute atomic E-state index is 0.239. The minimum Gasteiger partial charge on any atom is -0.475 e. The lowest BCUT2D eigenvalue weighted by Crippen LogP contribution is -2.52. The first-order chi connectivity index (χ1) is 20.3. The van der Waals surface area contributed by atoms with Crippen LogP contribution >= 0.6 is 11.6 Å². The Hall–Kier alpha value is -3.96. The molecule has 44 heavy (non-hydrogen) atoms. The van der Waals surface area contributed by atoms with E-state index in [-0.39, 0.29) is 12.5 Å². The van der Waals surface area contributed by atoms with E-state index < -0.39 is 41.8 Å². The number of aliphatic hydroxyl groups is 1. The number of likely N-dealkylation sites (tertiary alicyclic amines) is 1. The maximum atomic E-state index is 13.3. The van der Waals surface area contributed by atoms with Gasteiger partial charge in [-0.1, -0.05) is 17.7 Å². The Morgan fingerprint density at radius 3 is 2.18 bits per heavy atom. The molecule has 11 nitrogen and oxygen atoms in total. The van der Waals surface area contributed by atoms with Crippen molar-refractivity contribution in [2.45, 2.75) is 62.8 Å². The van der Waals surface area contributed by atoms with Gasteiger partial charge in [0.1, 0.15) is 6.04 Å². The van der Waals surface area contributed by atoms with Gasteiger partial charge in [0.2, 0.25) is 5.91 Å². The largest absolute Gasteiger partial charge is 0.490 e. The van der Waals surface area contributed by atoms with Gasteiger partial charge in [-0.15, -0.1) is 0 Å². The summed E-state index contributed by atoms with van der Waals surface area (Å²) in [6, 6.07) is 6.61. The van der Waals surface area contributed by atoms with E-state index in [1.54, 1.807) is 24.5 Å². The second kappa shape index (κ2) is 14.7. The van der Waals surface area contributed by atoms with Crippen molar-refractivity contribution in [3.05, 3.63) is 63.9 Å². The second-order valence-corrected chi connectivity index (χ2v) is 9.93. The normalized spacial score (nSPS) is 19.1. The summed E-state index contributed by atoms with van der Waals surface area (Å²) < 4.78 is 63.5. The number of nitrogens with zero attached hydrogens (tertiary/aromatic N) is 2. The summed E-state index contributed by atoms with van der Waals surface area (Å²) in [4.78, 5) is 49.6. The number of aryl methyl sites for hydroxylation is 1. The average Bonchev–Trinajstić information content (AvgIpc) is 3.57. The predicted octanol–water partition coefficient (Wildman–Crippen LogP) is 2.90. The van der Waals surface area contributed by atoms with Gasteiger partial charge in [-0.2, -0.15) is 26.3 Å². The maximum Gasteiger partial charge on any atom is 0.490 e. The number of nitrogens with two attached hydrogens (primary N) is 1. The fraction of sp³-hybridized carbons (Fsp3) is 0.423. The Morgan fingerprint density at radius 1 is 1.05 bits per heavy atom. The van der Waals surface area contributed by atoms with Crippen molar-refractivity contribution in [1.82, 2.24) is 15.2 Å². The zero-order valence-electron chi connectivity index (χ0n) is 22.6. The van der Waals surface area contributed by atoms with E-state index in [1.165, 1.54) is 4.90 Å². The SMILES string of the molecule is NCc1ccc(Cl)cc1CNC(=O)[C@@H]1CCCN1C(=O)C1(O)CCc2ccncc21.O=C(O)C(F)(F)F.O=C(O)C(F)(F)F. The quantitative estimate of drug-likeness (QED) is 0.302. The molecule has 0 radical (unpaired) electrons. The monoisotopic (exact) mass is 656 g/mol. The fourth-order valence-electron chi connectivity index (χ4n) is 4.46. The molecule has 1 aromatic carbocycles. The first-order valence-electron chi connectivity index (χ1n) is 12.6. The molecule has 6 N–H and O–H groups in total. The number of alkyl halides is 6. The van der Waals surface area contributed by atoms with Crippen LogP contribution in [-0.4, -0.2) is 73.9 Å². The molecule has 2 amide bonds. The summed E-state index contributed by atoms with van der Waals surface area (Å²) >= 11 is 6.07. The van der Waals surface area contributed by atoms with Crippen molar-refractivity contribution in [1.29, 1.82) is 0 Å². The molecule has 18 heteroatoms. The Labute approximate surface area is 250 Å². The topological polar surface area (TPSA) is 183 Å². The summed E-state index contributed by atoms with van der Waals surface area (Å²) in [6.45, 7) is 1.07. The average molecular weight is 657 g/mol. The van der Waals surface area contributed by atoms with Gasteiger partial charge in [-0.05, 0) is 60.6 Å². The molecule has 1 unspecified atom stereocenters. The van der Waals surface area contributed by atoms with E-state index in [4.69, 9.17) is 37.1 Å². The van der Waals surface area contributed by atoms with E-state index in [9.17, 15) is 41.0 Å². The molecule has 0 spiro atoms. The number of carbonyl (C=O) groups is 4. The Balaban J connectivity index is 0.000000402. The van der Waals surface area contributed by atoms with Crippen LogP contribution in [0.25, 0.3) is 0 Å². The number of fused-ring (bicyclic) bond motifs is 1. The Kier molecular flexibility index (Phi) is 12.1. The molecular formula is C26H27ClF6N4O7. The predicted molar refractivity (Wildman–Crippen MR) is 140 cm³/mol. The van der Waals surface area contributed by atoms with Crippen LogP contribution in [0.15, 0.2) is 36.7 Å². The number of aliphatic carboxylic acids is 2. The number of hydrogen-bond acceptors (Lipinski definition) is 7. The number of amides is 2. The van der Waals surface area contributed by atoms with Gasteiger partial charge < -0.3 is 31.3 Å². The molecule has 242 valence electrons. The standard InChI is InChI=1S/C22H25ClN4O3.2C2HF3O2/c23-17-4-3-15(11-24)16(10-17)12-26-20(28)19-2-1-9-27(19)21(29)22(30)7-5-14-6-8-25-13-18(14)22;2*3-2(4,5)1(6)7/h3-4,6,8,10,13,19,30H,1-2,5,7,9,11-12,24H2,(H,26,28);2*(H,6,7)/t19-,22?;;/m0../s1. The summed E-state index contributed by atoms with van der Waals surface area (Å²) in [5, 5.41) is 28.9. The molecule has 0 saturated carbocycles. The van der Waals surface area contributed by atoms with Crippen LogP contribution in [0.3, 0.4) is 0 Å². The van der Waals surface area contributed by atoms with Crippen molar-refractivity contribution in [3.63, 3.8) is 0 Å². The van der Waals surface area contributed by atoms with E-state index in [0.717, 1.165) is 16.7 Å². The van der Waals surface area contributed by atoms with Gasteiger partial charge in [-0.3, -0.25) is 14.6 Å². The number of carboxylic acid groups (broad SMARTS) is 2. The number of halogens is 7. The van der Waals surface area contributed by atoms with Gasteiger partial charge in [0, 0.05) is 42.6 Å². The van der Waals surface area contributed by atoms with Crippen LogP contribution in [-0.2, 0) is 44.3 Å². The second-order valence-electron chi connectivity index (χ2n) is 9.49. The number of benzene rings is 1. The maximum absolute atomic E-state index is 13.3. The van der Waals surface area contributed by atoms with Crippen LogP contribution < -0.4 is 11.1 Å². The highest BCUT2D eigenvalue weighted by Gasteiger charge is 2.49. The molecule has 0 bridgehead atoms. The van der Waals surface area contributed by atoms with Crippen molar-refractivity contribution < 1.29 is 60.8 Å². The molecule has 1 aliphatic carbocycles. The van der Waals surface area contributed by atoms with Gasteiger partial charge >= 0.3 is 24.3 Å². The number of pyridine rings is 1. The summed E-state index contributed by atoms with van der Waals surface area (Å²) in [5.41, 5.74) is 7.39. The fourth-order valence-corrected chi connectivity index (χ4v) is 4.66. The number of carbonyl (C=O) groups excluding carboxylic acids is 2. The first-order valence-corrected chi connectivity index (χ1v) is 13.0. The van der Waals surface area contributed by atoms with Crippen LogP contribution in [0.5, 0.6) is 0 Å². The lowest BCUT2D eigenvalue weighted by Gasteiger charge is -2.32. The molecular weight excluding hydrogens is 630 g/mol. The third kappa shape index (κ3) is 9.27. The Bertz CT molecular complexity index is 1350. The Morgan fingerprint density at radius 2 is 1.64 bits per heavy atom. The number of hydrogen-bond donors (Lipinski definition) is 5. The summed E-state index contributed by atoms with van der Waals surface area (Å²) in [5.74, 6) is -6.17. The van der Waals surface area contributed by atoms with E-state index in [0.29, 0.717) is 49.4 Å². The van der Waals surface area contributed by atoms with Crippen molar-refractivity contribution in [2.24, 2.45) is 5.73 Å². The highest BCUT2D eigenvalue weighted by molar-refractivity contribution is 6.30. The van der Waals surface area contributed by atoms with Gasteiger partial charge in [0.25, 0.3) is 5.91 Å². The summed E-state index contributed by atoms with van der Waals surface area (Å²) in [6.07, 6.45) is -4.76. The molecule has 1 fully saturated rings. The highest BCUT2D eigenvalue weighted by Crippen LogP contribution is 2.39. The molecule has 1 saturated heterocycles. The van der Waals surface area contributed by atoms with Crippen LogP contribution in [0, 0.1) is 0 Å². The van der Waals surface area contributed by atoms with Crippen LogP contribution in [0.1, 0.15) is 41.5 Å². The third-order valence-corrected chi connectivity index (χ3v) is 6.84. The zero-order chi connectivity index (χ0) is 33.5. The highest BCUT2D eigenvalue weighted by atomic mass is 35.5. The van der Waals surface area contributed by atoms with Crippen molar-refractivity contribution in [2.75, 3.05) is 6.54 Å².